The molecule has 1 fully saturated rings. The van der Waals surface area contributed by atoms with E-state index in [1.165, 1.54) is 5.69 Å². The molecule has 0 aliphatic carbocycles. The number of benzene rings is 1. The van der Waals surface area contributed by atoms with E-state index in [0.717, 1.165) is 37.4 Å². The minimum absolute atomic E-state index is 0.205. The zero-order chi connectivity index (χ0) is 20.1. The quantitative estimate of drug-likeness (QED) is 0.724. The van der Waals surface area contributed by atoms with Crippen molar-refractivity contribution in [2.45, 2.75) is 13.5 Å². The number of aryl methyl sites for hydroxylation is 1. The van der Waals surface area contributed by atoms with Crippen LogP contribution >= 0.6 is 0 Å². The lowest BCUT2D eigenvalue weighted by Crippen LogP contribution is -2.47. The molecule has 7 heteroatoms. The summed E-state index contributed by atoms with van der Waals surface area (Å²) in [6, 6.07) is 15.9. The first-order valence-electron chi connectivity index (χ1n) is 9.77. The van der Waals surface area contributed by atoms with Crippen LogP contribution in [0.1, 0.15) is 21.7 Å². The minimum Gasteiger partial charge on any atom is -0.368 e. The molecule has 1 aliphatic heterocycles. The predicted molar refractivity (Wildman–Crippen MR) is 113 cm³/mol. The lowest BCUT2D eigenvalue weighted by Gasteiger charge is -2.36. The second kappa shape index (κ2) is 8.68. The monoisotopic (exact) mass is 388 g/mol. The lowest BCUT2D eigenvalue weighted by atomic mass is 10.2. The summed E-state index contributed by atoms with van der Waals surface area (Å²) in [6.07, 6.45) is 3.45. The van der Waals surface area contributed by atoms with Crippen molar-refractivity contribution in [1.82, 2.24) is 20.3 Å². The third-order valence-electron chi connectivity index (χ3n) is 4.93. The van der Waals surface area contributed by atoms with Gasteiger partial charge in [-0.05, 0) is 36.8 Å². The summed E-state index contributed by atoms with van der Waals surface area (Å²) in [5.41, 5.74) is 3.35. The molecule has 7 nitrogen and oxygen atoms in total. The molecular formula is C22H24N6O. The Morgan fingerprint density at radius 1 is 1.00 bits per heavy atom. The van der Waals surface area contributed by atoms with Gasteiger partial charge in [-0.2, -0.15) is 0 Å². The van der Waals surface area contributed by atoms with Gasteiger partial charge in [-0.3, -0.25) is 9.78 Å². The van der Waals surface area contributed by atoms with Crippen LogP contribution in [-0.2, 0) is 6.54 Å². The Bertz CT molecular complexity index is 956. The first kappa shape index (κ1) is 18.9. The Balaban J connectivity index is 1.41. The molecule has 0 unspecified atom stereocenters. The fourth-order valence-electron chi connectivity index (χ4n) is 3.39. The van der Waals surface area contributed by atoms with Gasteiger partial charge in [-0.15, -0.1) is 0 Å². The standard InChI is InChI=1S/C22H24N6O/c1-17-14-20(21(29)24-16-18-6-5-9-23-15-18)26-22(25-17)28-12-10-27(11-13-28)19-7-3-2-4-8-19/h2-9,14-15H,10-13,16H2,1H3,(H,24,29). The molecule has 0 spiro atoms. The topological polar surface area (TPSA) is 74.2 Å². The van der Waals surface area contributed by atoms with Gasteiger partial charge < -0.3 is 15.1 Å². The molecule has 3 aromatic rings. The number of hydrogen-bond acceptors (Lipinski definition) is 6. The first-order chi connectivity index (χ1) is 14.2. The molecule has 0 saturated carbocycles. The molecule has 1 saturated heterocycles. The summed E-state index contributed by atoms with van der Waals surface area (Å²) in [6.45, 7) is 5.72. The van der Waals surface area contributed by atoms with Crippen LogP contribution in [0, 0.1) is 6.92 Å². The smallest absolute Gasteiger partial charge is 0.270 e. The second-order valence-corrected chi connectivity index (χ2v) is 7.05. The van der Waals surface area contributed by atoms with Crippen LogP contribution in [-0.4, -0.2) is 47.0 Å². The van der Waals surface area contributed by atoms with E-state index in [4.69, 9.17) is 0 Å². The third-order valence-corrected chi connectivity index (χ3v) is 4.93. The number of pyridine rings is 1. The zero-order valence-corrected chi connectivity index (χ0v) is 16.5. The molecule has 3 heterocycles. The number of nitrogens with one attached hydrogen (secondary N) is 1. The van der Waals surface area contributed by atoms with Gasteiger partial charge in [0.05, 0.1) is 0 Å². The van der Waals surface area contributed by atoms with Crippen LogP contribution in [0.3, 0.4) is 0 Å². The van der Waals surface area contributed by atoms with Gasteiger partial charge in [0.25, 0.3) is 5.91 Å². The molecule has 1 amide bonds. The van der Waals surface area contributed by atoms with E-state index in [1.807, 2.05) is 25.1 Å². The summed E-state index contributed by atoms with van der Waals surface area (Å²) >= 11 is 0. The van der Waals surface area contributed by atoms with E-state index in [-0.39, 0.29) is 5.91 Å². The Morgan fingerprint density at radius 2 is 1.76 bits per heavy atom. The number of aromatic nitrogens is 3. The third kappa shape index (κ3) is 4.68. The van der Waals surface area contributed by atoms with Crippen LogP contribution in [0.15, 0.2) is 60.9 Å². The minimum atomic E-state index is -0.205. The maximum atomic E-state index is 12.6. The number of carbonyl (C=O) groups is 1. The van der Waals surface area contributed by atoms with Crippen LogP contribution in [0.2, 0.25) is 0 Å². The van der Waals surface area contributed by atoms with Gasteiger partial charge in [0, 0.05) is 56.5 Å². The molecule has 4 rings (SSSR count). The molecule has 148 valence electrons. The Hall–Kier alpha value is -3.48. The molecular weight excluding hydrogens is 364 g/mol. The SMILES string of the molecule is Cc1cc(C(=O)NCc2cccnc2)nc(N2CCN(c3ccccc3)CC2)n1. The van der Waals surface area contributed by atoms with E-state index in [0.29, 0.717) is 18.2 Å². The average molecular weight is 388 g/mol. The zero-order valence-electron chi connectivity index (χ0n) is 16.5. The summed E-state index contributed by atoms with van der Waals surface area (Å²) in [5.74, 6) is 0.410. The first-order valence-corrected chi connectivity index (χ1v) is 9.77. The van der Waals surface area contributed by atoms with Crippen molar-refractivity contribution >= 4 is 17.5 Å². The summed E-state index contributed by atoms with van der Waals surface area (Å²) < 4.78 is 0. The molecule has 2 aromatic heterocycles. The highest BCUT2D eigenvalue weighted by molar-refractivity contribution is 5.92. The number of para-hydroxylation sites is 1. The fourth-order valence-corrected chi connectivity index (χ4v) is 3.39. The van der Waals surface area contributed by atoms with Crippen molar-refractivity contribution < 1.29 is 4.79 Å². The number of piperazine rings is 1. The Kier molecular flexibility index (Phi) is 5.65. The number of carbonyl (C=O) groups excluding carboxylic acids is 1. The number of amides is 1. The van der Waals surface area contributed by atoms with E-state index in [2.05, 4.69) is 54.3 Å². The van der Waals surface area contributed by atoms with E-state index < -0.39 is 0 Å². The van der Waals surface area contributed by atoms with Crippen molar-refractivity contribution in [3.63, 3.8) is 0 Å². The summed E-state index contributed by atoms with van der Waals surface area (Å²) in [4.78, 5) is 30.3. The Morgan fingerprint density at radius 3 is 2.48 bits per heavy atom. The lowest BCUT2D eigenvalue weighted by molar-refractivity contribution is 0.0945. The second-order valence-electron chi connectivity index (χ2n) is 7.05. The Labute approximate surface area is 170 Å². The van der Waals surface area contributed by atoms with E-state index >= 15 is 0 Å². The largest absolute Gasteiger partial charge is 0.368 e. The summed E-state index contributed by atoms with van der Waals surface area (Å²) in [7, 11) is 0. The molecule has 1 aromatic carbocycles. The molecule has 1 aliphatic rings. The highest BCUT2D eigenvalue weighted by Crippen LogP contribution is 2.18. The summed E-state index contributed by atoms with van der Waals surface area (Å²) in [5, 5.41) is 2.91. The van der Waals surface area contributed by atoms with E-state index in [9.17, 15) is 4.79 Å². The van der Waals surface area contributed by atoms with Crippen molar-refractivity contribution in [2.24, 2.45) is 0 Å². The van der Waals surface area contributed by atoms with Crippen LogP contribution < -0.4 is 15.1 Å². The number of nitrogens with zero attached hydrogens (tertiary/aromatic N) is 5. The van der Waals surface area contributed by atoms with Gasteiger partial charge >= 0.3 is 0 Å². The van der Waals surface area contributed by atoms with Gasteiger partial charge in [-0.25, -0.2) is 9.97 Å². The number of hydrogen-bond donors (Lipinski definition) is 1. The fraction of sp³-hybridized carbons (Fsp3) is 0.273. The van der Waals surface area contributed by atoms with Crippen molar-refractivity contribution in [2.75, 3.05) is 36.0 Å². The van der Waals surface area contributed by atoms with Crippen LogP contribution in [0.4, 0.5) is 11.6 Å². The molecule has 1 N–H and O–H groups in total. The number of rotatable bonds is 5. The van der Waals surface area contributed by atoms with Crippen LogP contribution in [0.5, 0.6) is 0 Å². The maximum absolute atomic E-state index is 12.6. The van der Waals surface area contributed by atoms with Crippen molar-refractivity contribution in [1.29, 1.82) is 0 Å². The van der Waals surface area contributed by atoms with Gasteiger partial charge in [-0.1, -0.05) is 24.3 Å². The average Bonchev–Trinajstić information content (AvgIpc) is 2.78. The molecule has 0 atom stereocenters. The highest BCUT2D eigenvalue weighted by atomic mass is 16.1. The maximum Gasteiger partial charge on any atom is 0.270 e. The predicted octanol–water partition coefficient (Wildman–Crippen LogP) is 2.44. The van der Waals surface area contributed by atoms with Crippen molar-refractivity contribution in [3.8, 4) is 0 Å². The van der Waals surface area contributed by atoms with Gasteiger partial charge in [0.15, 0.2) is 0 Å². The number of anilines is 2. The van der Waals surface area contributed by atoms with Crippen molar-refractivity contribution in [3.05, 3.63) is 77.9 Å². The molecule has 0 radical (unpaired) electrons. The molecule has 0 bridgehead atoms. The molecule has 29 heavy (non-hydrogen) atoms. The van der Waals surface area contributed by atoms with Gasteiger partial charge in [0.2, 0.25) is 5.95 Å². The van der Waals surface area contributed by atoms with Gasteiger partial charge in [0.1, 0.15) is 5.69 Å². The van der Waals surface area contributed by atoms with E-state index in [1.54, 1.807) is 18.5 Å². The van der Waals surface area contributed by atoms with Crippen LogP contribution in [0.25, 0.3) is 0 Å². The highest BCUT2D eigenvalue weighted by Gasteiger charge is 2.21. The normalized spacial score (nSPS) is 14.0.